The van der Waals surface area contributed by atoms with Gasteiger partial charge in [0, 0.05) is 17.6 Å². The monoisotopic (exact) mass is 312 g/mol. The zero-order valence-electron chi connectivity index (χ0n) is 12.9. The Morgan fingerprint density at radius 3 is 2.61 bits per heavy atom. The third kappa shape index (κ3) is 2.20. The Bertz CT molecular complexity index is 811. The lowest BCUT2D eigenvalue weighted by Gasteiger charge is -2.27. The standard InChI is InChI=1S/C18H16O5/c1-3-13(20)15-17(22)14-11-7-5-10(19)8-9(11)4-6-12(14)16(21)18(15)23-2/h5,7-8,19H,3-4,6H2,1-2H3. The molecule has 5 nitrogen and oxygen atoms in total. The Morgan fingerprint density at radius 2 is 1.96 bits per heavy atom. The first kappa shape index (κ1) is 15.2. The van der Waals surface area contributed by atoms with Crippen LogP contribution in [0.25, 0.3) is 5.57 Å². The molecule has 0 bridgehead atoms. The molecule has 2 aliphatic carbocycles. The Hall–Kier alpha value is -2.69. The summed E-state index contributed by atoms with van der Waals surface area (Å²) in [4.78, 5) is 37.7. The molecule has 3 rings (SSSR count). The first-order valence-corrected chi connectivity index (χ1v) is 7.45. The number of methoxy groups -OCH3 is 1. The van der Waals surface area contributed by atoms with Crippen LogP contribution in [0, 0.1) is 0 Å². The third-order valence-electron chi connectivity index (χ3n) is 4.27. The number of carbonyl (C=O) groups is 3. The number of ether oxygens (including phenoxy) is 1. The van der Waals surface area contributed by atoms with E-state index in [1.165, 1.54) is 13.2 Å². The molecular formula is C18H16O5. The maximum absolute atomic E-state index is 12.9. The maximum atomic E-state index is 12.9. The molecule has 0 radical (unpaired) electrons. The van der Waals surface area contributed by atoms with E-state index in [0.717, 1.165) is 5.56 Å². The molecule has 0 atom stereocenters. The van der Waals surface area contributed by atoms with Gasteiger partial charge in [0.05, 0.1) is 7.11 Å². The number of hydrogen-bond acceptors (Lipinski definition) is 5. The van der Waals surface area contributed by atoms with Gasteiger partial charge in [-0.25, -0.2) is 0 Å². The number of fused-ring (bicyclic) bond motifs is 2. The van der Waals surface area contributed by atoms with Crippen LogP contribution in [0.3, 0.4) is 0 Å². The zero-order valence-corrected chi connectivity index (χ0v) is 12.9. The van der Waals surface area contributed by atoms with Crippen molar-refractivity contribution >= 4 is 22.9 Å². The Labute approximate surface area is 133 Å². The predicted octanol–water partition coefficient (Wildman–Crippen LogP) is 2.12. The summed E-state index contributed by atoms with van der Waals surface area (Å²) in [5, 5.41) is 9.61. The minimum atomic E-state index is -0.463. The van der Waals surface area contributed by atoms with E-state index in [9.17, 15) is 19.5 Å². The quantitative estimate of drug-likeness (QED) is 0.683. The van der Waals surface area contributed by atoms with Crippen molar-refractivity contribution in [2.24, 2.45) is 0 Å². The summed E-state index contributed by atoms with van der Waals surface area (Å²) in [6.07, 6.45) is 1.05. The van der Waals surface area contributed by atoms with Crippen LogP contribution in [0.4, 0.5) is 0 Å². The van der Waals surface area contributed by atoms with E-state index in [2.05, 4.69) is 0 Å². The molecule has 0 saturated heterocycles. The van der Waals surface area contributed by atoms with Gasteiger partial charge < -0.3 is 9.84 Å². The molecule has 1 aromatic rings. The minimum absolute atomic E-state index is 0.111. The number of aryl methyl sites for hydroxylation is 1. The topological polar surface area (TPSA) is 80.7 Å². The Balaban J connectivity index is 2.22. The highest BCUT2D eigenvalue weighted by atomic mass is 16.5. The van der Waals surface area contributed by atoms with E-state index in [1.807, 2.05) is 0 Å². The van der Waals surface area contributed by atoms with Gasteiger partial charge in [-0.15, -0.1) is 0 Å². The fraction of sp³-hybridized carbons (Fsp3) is 0.278. The average molecular weight is 312 g/mol. The second-order valence-electron chi connectivity index (χ2n) is 5.54. The van der Waals surface area contributed by atoms with E-state index in [1.54, 1.807) is 19.1 Å². The van der Waals surface area contributed by atoms with Crippen molar-refractivity contribution in [1.82, 2.24) is 0 Å². The second-order valence-corrected chi connectivity index (χ2v) is 5.54. The highest BCUT2D eigenvalue weighted by molar-refractivity contribution is 6.46. The molecule has 0 saturated carbocycles. The summed E-state index contributed by atoms with van der Waals surface area (Å²) in [5.41, 5.74) is 1.90. The zero-order chi connectivity index (χ0) is 16.7. The summed E-state index contributed by atoms with van der Waals surface area (Å²) in [6.45, 7) is 1.64. The summed E-state index contributed by atoms with van der Waals surface area (Å²) in [6, 6.07) is 4.69. The SMILES string of the molecule is CCC(=O)C1=C(OC)C(=O)C2=C(C1=O)c1ccc(O)cc1CC2. The number of benzene rings is 1. The molecule has 0 aliphatic heterocycles. The highest BCUT2D eigenvalue weighted by Gasteiger charge is 2.40. The van der Waals surface area contributed by atoms with Crippen molar-refractivity contribution in [3.8, 4) is 5.75 Å². The molecule has 1 N–H and O–H groups in total. The molecule has 0 aromatic heterocycles. The first-order valence-electron chi connectivity index (χ1n) is 7.45. The van der Waals surface area contributed by atoms with Crippen molar-refractivity contribution < 1.29 is 24.2 Å². The van der Waals surface area contributed by atoms with E-state index < -0.39 is 17.3 Å². The molecular weight excluding hydrogens is 296 g/mol. The molecule has 0 amide bonds. The largest absolute Gasteiger partial charge is 0.508 e. The van der Waals surface area contributed by atoms with Gasteiger partial charge in [0.15, 0.2) is 11.5 Å². The van der Waals surface area contributed by atoms with Crippen LogP contribution in [0.15, 0.2) is 35.1 Å². The van der Waals surface area contributed by atoms with E-state index in [0.29, 0.717) is 24.0 Å². The average Bonchev–Trinajstić information content (AvgIpc) is 2.55. The lowest BCUT2D eigenvalue weighted by molar-refractivity contribution is -0.122. The summed E-state index contributed by atoms with van der Waals surface area (Å²) >= 11 is 0. The minimum Gasteiger partial charge on any atom is -0.508 e. The van der Waals surface area contributed by atoms with Crippen molar-refractivity contribution in [2.75, 3.05) is 7.11 Å². The summed E-state index contributed by atoms with van der Waals surface area (Å²) < 4.78 is 5.08. The molecule has 0 unspecified atom stereocenters. The number of ketones is 3. The van der Waals surface area contributed by atoms with Gasteiger partial charge in [0.2, 0.25) is 11.6 Å². The molecule has 1 aromatic carbocycles. The number of rotatable bonds is 3. The van der Waals surface area contributed by atoms with Gasteiger partial charge in [-0.3, -0.25) is 14.4 Å². The number of aromatic hydroxyl groups is 1. The number of allylic oxidation sites excluding steroid dienone is 3. The van der Waals surface area contributed by atoms with E-state index in [-0.39, 0.29) is 29.1 Å². The van der Waals surface area contributed by atoms with Crippen LogP contribution in [0.2, 0.25) is 0 Å². The Kier molecular flexibility index (Phi) is 3.64. The fourth-order valence-corrected chi connectivity index (χ4v) is 3.17. The molecule has 23 heavy (non-hydrogen) atoms. The first-order chi connectivity index (χ1) is 11.0. The van der Waals surface area contributed by atoms with Crippen LogP contribution >= 0.6 is 0 Å². The molecule has 118 valence electrons. The van der Waals surface area contributed by atoms with Crippen molar-refractivity contribution in [3.63, 3.8) is 0 Å². The smallest absolute Gasteiger partial charge is 0.225 e. The second kappa shape index (κ2) is 5.50. The molecule has 5 heteroatoms. The van der Waals surface area contributed by atoms with Gasteiger partial charge in [-0.2, -0.15) is 0 Å². The molecule has 0 spiro atoms. The number of phenolic OH excluding ortho intramolecular Hbond substituents is 1. The summed E-state index contributed by atoms with van der Waals surface area (Å²) in [5.74, 6) is -1.30. The van der Waals surface area contributed by atoms with Crippen LogP contribution in [-0.4, -0.2) is 29.6 Å². The third-order valence-corrected chi connectivity index (χ3v) is 4.27. The van der Waals surface area contributed by atoms with Gasteiger partial charge in [-0.05, 0) is 36.1 Å². The normalized spacial score (nSPS) is 17.1. The van der Waals surface area contributed by atoms with Gasteiger partial charge in [0.1, 0.15) is 11.3 Å². The van der Waals surface area contributed by atoms with Crippen molar-refractivity contribution in [1.29, 1.82) is 0 Å². The van der Waals surface area contributed by atoms with Crippen molar-refractivity contribution in [3.05, 3.63) is 46.2 Å². The van der Waals surface area contributed by atoms with E-state index in [4.69, 9.17) is 4.74 Å². The number of Topliss-reactive ketones (excluding diaryl/α,β-unsaturated/α-hetero) is 3. The summed E-state index contributed by atoms with van der Waals surface area (Å²) in [7, 11) is 1.30. The predicted molar refractivity (Wildman–Crippen MR) is 82.7 cm³/mol. The molecule has 0 heterocycles. The van der Waals surface area contributed by atoms with Crippen LogP contribution in [-0.2, 0) is 25.5 Å². The van der Waals surface area contributed by atoms with Crippen LogP contribution < -0.4 is 0 Å². The van der Waals surface area contributed by atoms with Crippen LogP contribution in [0.1, 0.15) is 30.9 Å². The van der Waals surface area contributed by atoms with E-state index >= 15 is 0 Å². The number of carbonyl (C=O) groups excluding carboxylic acids is 3. The molecule has 0 fully saturated rings. The fourth-order valence-electron chi connectivity index (χ4n) is 3.17. The number of phenols is 1. The Morgan fingerprint density at radius 1 is 1.22 bits per heavy atom. The van der Waals surface area contributed by atoms with Gasteiger partial charge in [-0.1, -0.05) is 13.0 Å². The highest BCUT2D eigenvalue weighted by Crippen LogP contribution is 2.40. The van der Waals surface area contributed by atoms with Crippen LogP contribution in [0.5, 0.6) is 5.75 Å². The lowest BCUT2D eigenvalue weighted by atomic mass is 9.75. The maximum Gasteiger partial charge on any atom is 0.225 e. The molecule has 2 aliphatic rings. The van der Waals surface area contributed by atoms with Gasteiger partial charge >= 0.3 is 0 Å². The number of hydrogen-bond donors (Lipinski definition) is 1. The van der Waals surface area contributed by atoms with Gasteiger partial charge in [0.25, 0.3) is 0 Å². The van der Waals surface area contributed by atoms with Crippen molar-refractivity contribution in [2.45, 2.75) is 26.2 Å². The lowest BCUT2D eigenvalue weighted by Crippen LogP contribution is -2.30.